The maximum absolute atomic E-state index is 11.2. The summed E-state index contributed by atoms with van der Waals surface area (Å²) in [5.74, 6) is -0.00973. The van der Waals surface area contributed by atoms with Crippen LogP contribution in [0.3, 0.4) is 0 Å². The maximum Gasteiger partial charge on any atom is 0.221 e. The normalized spacial score (nSPS) is 10.3. The standard InChI is InChI=1S/C9H15N3O2S/c1-2-10-8(14)3-4-12-7(6-13)5-11-9(12)15/h5,13H,2-4,6H2,1H3,(H,10,14)(H,11,15). The summed E-state index contributed by atoms with van der Waals surface area (Å²) in [6.07, 6.45) is 2.02. The largest absolute Gasteiger partial charge is 0.390 e. The first-order valence-corrected chi connectivity index (χ1v) is 5.24. The van der Waals surface area contributed by atoms with E-state index in [2.05, 4.69) is 10.3 Å². The molecule has 0 saturated heterocycles. The molecule has 3 N–H and O–H groups in total. The molecule has 0 saturated carbocycles. The molecule has 1 aromatic heterocycles. The zero-order chi connectivity index (χ0) is 11.3. The maximum atomic E-state index is 11.2. The Labute approximate surface area is 93.1 Å². The zero-order valence-corrected chi connectivity index (χ0v) is 9.43. The topological polar surface area (TPSA) is 70.1 Å². The number of hydrogen-bond donors (Lipinski definition) is 3. The molecule has 0 aliphatic heterocycles. The summed E-state index contributed by atoms with van der Waals surface area (Å²) in [5, 5.41) is 11.7. The van der Waals surface area contributed by atoms with E-state index >= 15 is 0 Å². The van der Waals surface area contributed by atoms with Gasteiger partial charge in [-0.2, -0.15) is 0 Å². The Morgan fingerprint density at radius 1 is 1.73 bits per heavy atom. The summed E-state index contributed by atoms with van der Waals surface area (Å²) in [5.41, 5.74) is 0.698. The van der Waals surface area contributed by atoms with Crippen LogP contribution in [0.4, 0.5) is 0 Å². The van der Waals surface area contributed by atoms with Crippen LogP contribution >= 0.6 is 12.2 Å². The first-order valence-electron chi connectivity index (χ1n) is 4.83. The van der Waals surface area contributed by atoms with Crippen LogP contribution in [0.5, 0.6) is 0 Å². The van der Waals surface area contributed by atoms with Crippen molar-refractivity contribution in [3.63, 3.8) is 0 Å². The second-order valence-electron chi connectivity index (χ2n) is 3.10. The van der Waals surface area contributed by atoms with E-state index in [1.54, 1.807) is 10.8 Å². The number of carbonyl (C=O) groups is 1. The number of nitrogens with zero attached hydrogens (tertiary/aromatic N) is 1. The minimum Gasteiger partial charge on any atom is -0.390 e. The van der Waals surface area contributed by atoms with Gasteiger partial charge in [0.1, 0.15) is 0 Å². The molecular weight excluding hydrogens is 214 g/mol. The van der Waals surface area contributed by atoms with E-state index in [0.717, 1.165) is 0 Å². The van der Waals surface area contributed by atoms with Crippen LogP contribution in [0.1, 0.15) is 19.0 Å². The number of aliphatic hydroxyl groups is 1. The van der Waals surface area contributed by atoms with Crippen LogP contribution in [0.2, 0.25) is 0 Å². The molecule has 84 valence electrons. The molecule has 0 bridgehead atoms. The molecule has 0 unspecified atom stereocenters. The number of amides is 1. The van der Waals surface area contributed by atoms with Gasteiger partial charge in [0, 0.05) is 25.7 Å². The Bertz CT molecular complexity index is 383. The first kappa shape index (κ1) is 11.9. The van der Waals surface area contributed by atoms with Crippen LogP contribution in [-0.4, -0.2) is 27.1 Å². The average Bonchev–Trinajstić information content (AvgIpc) is 2.57. The minimum atomic E-state index is -0.0808. The van der Waals surface area contributed by atoms with E-state index in [9.17, 15) is 4.79 Å². The third-order valence-corrected chi connectivity index (χ3v) is 2.39. The SMILES string of the molecule is CCNC(=O)CCn1c(CO)c[nH]c1=S. The Kier molecular flexibility index (Phi) is 4.51. The van der Waals surface area contributed by atoms with Gasteiger partial charge >= 0.3 is 0 Å². The third kappa shape index (κ3) is 3.17. The lowest BCUT2D eigenvalue weighted by atomic mass is 10.3. The highest BCUT2D eigenvalue weighted by Gasteiger charge is 2.05. The van der Waals surface area contributed by atoms with E-state index in [-0.39, 0.29) is 12.5 Å². The molecule has 1 heterocycles. The number of hydrogen-bond acceptors (Lipinski definition) is 3. The lowest BCUT2D eigenvalue weighted by Gasteiger charge is -2.06. The van der Waals surface area contributed by atoms with Crippen molar-refractivity contribution in [2.24, 2.45) is 0 Å². The Morgan fingerprint density at radius 2 is 2.47 bits per heavy atom. The number of carbonyl (C=O) groups excluding carboxylic acids is 1. The first-order chi connectivity index (χ1) is 7.19. The lowest BCUT2D eigenvalue weighted by Crippen LogP contribution is -2.24. The number of aromatic nitrogens is 2. The Morgan fingerprint density at radius 3 is 3.07 bits per heavy atom. The van der Waals surface area contributed by atoms with Gasteiger partial charge in [-0.3, -0.25) is 4.79 Å². The van der Waals surface area contributed by atoms with Crippen molar-refractivity contribution >= 4 is 18.1 Å². The lowest BCUT2D eigenvalue weighted by molar-refractivity contribution is -0.121. The number of nitrogens with one attached hydrogen (secondary N) is 2. The highest BCUT2D eigenvalue weighted by Crippen LogP contribution is 2.02. The van der Waals surface area contributed by atoms with Crippen molar-refractivity contribution < 1.29 is 9.90 Å². The average molecular weight is 229 g/mol. The predicted molar refractivity (Wildman–Crippen MR) is 58.8 cm³/mol. The quantitative estimate of drug-likeness (QED) is 0.646. The van der Waals surface area contributed by atoms with E-state index in [1.807, 2.05) is 6.92 Å². The molecule has 0 aliphatic carbocycles. The molecular formula is C9H15N3O2S. The van der Waals surface area contributed by atoms with Crippen molar-refractivity contribution in [2.45, 2.75) is 26.5 Å². The molecule has 1 amide bonds. The van der Waals surface area contributed by atoms with Crippen molar-refractivity contribution in [3.8, 4) is 0 Å². The predicted octanol–water partition coefficient (Wildman–Crippen LogP) is 0.564. The van der Waals surface area contributed by atoms with Crippen molar-refractivity contribution in [2.75, 3.05) is 6.54 Å². The monoisotopic (exact) mass is 229 g/mol. The molecule has 1 aromatic rings. The summed E-state index contributed by atoms with van der Waals surface area (Å²) in [7, 11) is 0. The summed E-state index contributed by atoms with van der Waals surface area (Å²) in [6.45, 7) is 2.91. The van der Waals surface area contributed by atoms with Crippen LogP contribution in [0.25, 0.3) is 0 Å². The van der Waals surface area contributed by atoms with E-state index in [4.69, 9.17) is 17.3 Å². The van der Waals surface area contributed by atoms with Crippen LogP contribution in [0.15, 0.2) is 6.20 Å². The number of imidazole rings is 1. The second kappa shape index (κ2) is 5.67. The molecule has 6 heteroatoms. The fraction of sp³-hybridized carbons (Fsp3) is 0.556. The number of H-pyrrole nitrogens is 1. The van der Waals surface area contributed by atoms with Gasteiger partial charge in [-0.25, -0.2) is 0 Å². The molecule has 0 fully saturated rings. The second-order valence-corrected chi connectivity index (χ2v) is 3.49. The number of aromatic amines is 1. The van der Waals surface area contributed by atoms with Crippen LogP contribution < -0.4 is 5.32 Å². The van der Waals surface area contributed by atoms with Gasteiger partial charge in [0.2, 0.25) is 5.91 Å². The molecule has 0 aromatic carbocycles. The van der Waals surface area contributed by atoms with Crippen molar-refractivity contribution in [3.05, 3.63) is 16.7 Å². The summed E-state index contributed by atoms with van der Waals surface area (Å²) in [4.78, 5) is 14.0. The van der Waals surface area contributed by atoms with E-state index in [1.165, 1.54) is 0 Å². The molecule has 5 nitrogen and oxygen atoms in total. The zero-order valence-electron chi connectivity index (χ0n) is 8.62. The molecule has 0 spiro atoms. The van der Waals surface area contributed by atoms with Gasteiger partial charge in [-0.15, -0.1) is 0 Å². The smallest absolute Gasteiger partial charge is 0.221 e. The highest BCUT2D eigenvalue weighted by atomic mass is 32.1. The molecule has 0 aliphatic rings. The third-order valence-electron chi connectivity index (χ3n) is 2.05. The summed E-state index contributed by atoms with van der Waals surface area (Å²) >= 11 is 5.02. The van der Waals surface area contributed by atoms with E-state index < -0.39 is 0 Å². The fourth-order valence-electron chi connectivity index (χ4n) is 1.31. The Balaban J connectivity index is 2.60. The molecule has 1 rings (SSSR count). The molecule has 0 radical (unpaired) electrons. The molecule has 15 heavy (non-hydrogen) atoms. The summed E-state index contributed by atoms with van der Waals surface area (Å²) < 4.78 is 2.26. The minimum absolute atomic E-state index is 0.00973. The van der Waals surface area contributed by atoms with Gasteiger partial charge < -0.3 is 20.0 Å². The van der Waals surface area contributed by atoms with Gasteiger partial charge in [0.05, 0.1) is 12.3 Å². The highest BCUT2D eigenvalue weighted by molar-refractivity contribution is 7.71. The van der Waals surface area contributed by atoms with Crippen molar-refractivity contribution in [1.82, 2.24) is 14.9 Å². The van der Waals surface area contributed by atoms with Gasteiger partial charge in [-0.1, -0.05) is 0 Å². The van der Waals surface area contributed by atoms with Crippen LogP contribution in [-0.2, 0) is 17.9 Å². The van der Waals surface area contributed by atoms with Gasteiger partial charge in [0.25, 0.3) is 0 Å². The van der Waals surface area contributed by atoms with E-state index in [0.29, 0.717) is 30.0 Å². The molecule has 0 atom stereocenters. The number of rotatable bonds is 5. The van der Waals surface area contributed by atoms with Crippen molar-refractivity contribution in [1.29, 1.82) is 0 Å². The number of aliphatic hydroxyl groups excluding tert-OH is 1. The Hall–Kier alpha value is -1.14. The van der Waals surface area contributed by atoms with Crippen LogP contribution in [0, 0.1) is 4.77 Å². The summed E-state index contributed by atoms with van der Waals surface area (Å²) in [6, 6.07) is 0. The fourth-order valence-corrected chi connectivity index (χ4v) is 1.57. The van der Waals surface area contributed by atoms with Gasteiger partial charge in [0.15, 0.2) is 4.77 Å². The van der Waals surface area contributed by atoms with Gasteiger partial charge in [-0.05, 0) is 19.1 Å².